The molecule has 0 amide bonds. The zero-order valence-electron chi connectivity index (χ0n) is 12.5. The van der Waals surface area contributed by atoms with Crippen molar-refractivity contribution in [2.45, 2.75) is 39.8 Å². The topological polar surface area (TPSA) is 61.9 Å². The maximum atomic E-state index is 10.4. The number of nitrogens with one attached hydrogen (secondary N) is 1. The van der Waals surface area contributed by atoms with Gasteiger partial charge in [0.25, 0.3) is 0 Å². The molecule has 0 bridgehead atoms. The van der Waals surface area contributed by atoms with Crippen LogP contribution in [-0.2, 0) is 6.54 Å². The highest BCUT2D eigenvalue weighted by Crippen LogP contribution is 2.38. The first kappa shape index (κ1) is 15.4. The molecule has 0 fully saturated rings. The van der Waals surface area contributed by atoms with Crippen LogP contribution in [0.5, 0.6) is 5.88 Å². The zero-order chi connectivity index (χ0) is 15.4. The molecule has 0 aliphatic carbocycles. The summed E-state index contributed by atoms with van der Waals surface area (Å²) in [6.07, 6.45) is 0.927. The van der Waals surface area contributed by atoms with E-state index in [4.69, 9.17) is 12.2 Å². The minimum absolute atomic E-state index is 0.133. The minimum atomic E-state index is 0.133. The predicted octanol–water partition coefficient (Wildman–Crippen LogP) is 4.12. The van der Waals surface area contributed by atoms with Crippen LogP contribution in [0.2, 0.25) is 0 Å². The van der Waals surface area contributed by atoms with Gasteiger partial charge in [-0.05, 0) is 38.6 Å². The fourth-order valence-corrected chi connectivity index (χ4v) is 2.47. The van der Waals surface area contributed by atoms with Crippen LogP contribution < -0.4 is 5.32 Å². The first-order chi connectivity index (χ1) is 10.0. The molecule has 1 aromatic heterocycles. The summed E-state index contributed by atoms with van der Waals surface area (Å²) in [7, 11) is 0. The maximum Gasteiger partial charge on any atom is 0.220 e. The standard InChI is InChI=1S/C15H20N4OS/c1-4-9-19-12-8-6-5-7-11(12)13(14(19)20)17-18-15(21)16-10(2)3/h5-8,10,20H,4,9H2,1-3H3,(H,16,21). The summed E-state index contributed by atoms with van der Waals surface area (Å²) in [6.45, 7) is 6.76. The summed E-state index contributed by atoms with van der Waals surface area (Å²) in [4.78, 5) is 0. The number of hydrogen-bond acceptors (Lipinski definition) is 3. The summed E-state index contributed by atoms with van der Waals surface area (Å²) in [5.74, 6) is 0.133. The molecule has 0 saturated heterocycles. The van der Waals surface area contributed by atoms with Crippen LogP contribution in [-0.4, -0.2) is 20.8 Å². The van der Waals surface area contributed by atoms with E-state index in [0.717, 1.165) is 23.9 Å². The van der Waals surface area contributed by atoms with Gasteiger partial charge in [-0.25, -0.2) is 0 Å². The monoisotopic (exact) mass is 304 g/mol. The van der Waals surface area contributed by atoms with Gasteiger partial charge in [-0.1, -0.05) is 25.1 Å². The molecule has 2 aromatic rings. The lowest BCUT2D eigenvalue weighted by molar-refractivity contribution is 0.421. The van der Waals surface area contributed by atoms with E-state index in [1.165, 1.54) is 0 Å². The highest BCUT2D eigenvalue weighted by atomic mass is 32.1. The van der Waals surface area contributed by atoms with E-state index in [1.807, 2.05) is 42.7 Å². The van der Waals surface area contributed by atoms with Crippen LogP contribution in [0.25, 0.3) is 10.9 Å². The van der Waals surface area contributed by atoms with Gasteiger partial charge < -0.3 is 15.0 Å². The van der Waals surface area contributed by atoms with E-state index < -0.39 is 0 Å². The highest BCUT2D eigenvalue weighted by molar-refractivity contribution is 7.80. The Labute approximate surface area is 129 Å². The summed E-state index contributed by atoms with van der Waals surface area (Å²) < 4.78 is 1.85. The summed E-state index contributed by atoms with van der Waals surface area (Å²) >= 11 is 5.09. The molecule has 0 unspecified atom stereocenters. The molecule has 1 aromatic carbocycles. The Bertz CT molecular complexity index is 676. The van der Waals surface area contributed by atoms with Gasteiger partial charge in [0.1, 0.15) is 0 Å². The first-order valence-corrected chi connectivity index (χ1v) is 7.47. The Morgan fingerprint density at radius 1 is 1.38 bits per heavy atom. The number of rotatable bonds is 4. The second-order valence-corrected chi connectivity index (χ2v) is 5.53. The molecule has 0 saturated carbocycles. The zero-order valence-corrected chi connectivity index (χ0v) is 13.3. The SMILES string of the molecule is CCCn1c(O)c(N=NC(=S)NC(C)C)c2ccccc21. The van der Waals surface area contributed by atoms with Crippen LogP contribution in [0.1, 0.15) is 27.2 Å². The molecule has 21 heavy (non-hydrogen) atoms. The first-order valence-electron chi connectivity index (χ1n) is 7.07. The fraction of sp³-hybridized carbons (Fsp3) is 0.400. The molecule has 2 rings (SSSR count). The largest absolute Gasteiger partial charge is 0.493 e. The number of nitrogens with zero attached hydrogens (tertiary/aromatic N) is 3. The molecule has 6 heteroatoms. The number of aromatic nitrogens is 1. The van der Waals surface area contributed by atoms with Crippen molar-refractivity contribution in [2.75, 3.05) is 0 Å². The van der Waals surface area contributed by atoms with Gasteiger partial charge in [-0.2, -0.15) is 0 Å². The number of azo groups is 1. The Balaban J connectivity index is 2.42. The minimum Gasteiger partial charge on any atom is -0.493 e. The van der Waals surface area contributed by atoms with Crippen LogP contribution in [0, 0.1) is 0 Å². The maximum absolute atomic E-state index is 10.4. The lowest BCUT2D eigenvalue weighted by Crippen LogP contribution is -2.26. The summed E-state index contributed by atoms with van der Waals surface area (Å²) in [6, 6.07) is 7.95. The number of aryl methyl sites for hydroxylation is 1. The Morgan fingerprint density at radius 2 is 2.10 bits per heavy atom. The lowest BCUT2D eigenvalue weighted by Gasteiger charge is -2.05. The smallest absolute Gasteiger partial charge is 0.220 e. The normalized spacial score (nSPS) is 11.6. The molecule has 0 aliphatic rings. The van der Waals surface area contributed by atoms with Crippen molar-refractivity contribution < 1.29 is 5.11 Å². The molecule has 0 aliphatic heterocycles. The number of fused-ring (bicyclic) bond motifs is 1. The quantitative estimate of drug-likeness (QED) is 0.659. The third kappa shape index (κ3) is 3.39. The van der Waals surface area contributed by atoms with Crippen molar-refractivity contribution in [3.63, 3.8) is 0 Å². The second kappa shape index (κ2) is 6.67. The third-order valence-electron chi connectivity index (χ3n) is 3.02. The van der Waals surface area contributed by atoms with Crippen molar-refractivity contribution in [1.82, 2.24) is 9.88 Å². The van der Waals surface area contributed by atoms with Crippen molar-refractivity contribution in [2.24, 2.45) is 10.2 Å². The molecule has 5 nitrogen and oxygen atoms in total. The molecule has 0 radical (unpaired) electrons. The fourth-order valence-electron chi connectivity index (χ4n) is 2.19. The summed E-state index contributed by atoms with van der Waals surface area (Å²) in [5.41, 5.74) is 1.42. The molecule has 0 atom stereocenters. The lowest BCUT2D eigenvalue weighted by atomic mass is 10.2. The van der Waals surface area contributed by atoms with Crippen LogP contribution in [0.15, 0.2) is 34.5 Å². The van der Waals surface area contributed by atoms with Gasteiger partial charge in [0.2, 0.25) is 11.0 Å². The van der Waals surface area contributed by atoms with Gasteiger partial charge in [-0.15, -0.1) is 10.2 Å². The van der Waals surface area contributed by atoms with Gasteiger partial charge >= 0.3 is 0 Å². The Morgan fingerprint density at radius 3 is 2.76 bits per heavy atom. The van der Waals surface area contributed by atoms with E-state index in [1.54, 1.807) is 0 Å². The number of aromatic hydroxyl groups is 1. The molecule has 2 N–H and O–H groups in total. The van der Waals surface area contributed by atoms with Crippen molar-refractivity contribution in [1.29, 1.82) is 0 Å². The molecule has 112 valence electrons. The van der Waals surface area contributed by atoms with E-state index in [2.05, 4.69) is 22.5 Å². The van der Waals surface area contributed by atoms with Crippen molar-refractivity contribution in [3.8, 4) is 5.88 Å². The van der Waals surface area contributed by atoms with E-state index in [9.17, 15) is 5.11 Å². The van der Waals surface area contributed by atoms with Gasteiger partial charge in [0.15, 0.2) is 5.69 Å². The predicted molar refractivity (Wildman–Crippen MR) is 89.3 cm³/mol. The Hall–Kier alpha value is -1.95. The average molecular weight is 304 g/mol. The second-order valence-electron chi connectivity index (χ2n) is 5.15. The van der Waals surface area contributed by atoms with Gasteiger partial charge in [0, 0.05) is 18.0 Å². The number of para-hydroxylation sites is 1. The van der Waals surface area contributed by atoms with E-state index >= 15 is 0 Å². The van der Waals surface area contributed by atoms with Crippen molar-refractivity contribution in [3.05, 3.63) is 24.3 Å². The van der Waals surface area contributed by atoms with Crippen LogP contribution in [0.4, 0.5) is 5.69 Å². The van der Waals surface area contributed by atoms with E-state index in [0.29, 0.717) is 10.8 Å². The molecular weight excluding hydrogens is 284 g/mol. The Kier molecular flexibility index (Phi) is 4.90. The van der Waals surface area contributed by atoms with Crippen LogP contribution in [0.3, 0.4) is 0 Å². The number of benzene rings is 1. The molecule has 0 spiro atoms. The van der Waals surface area contributed by atoms with Gasteiger partial charge in [0.05, 0.1) is 5.52 Å². The number of thiocarbonyl (C=S) groups is 1. The van der Waals surface area contributed by atoms with Gasteiger partial charge in [-0.3, -0.25) is 0 Å². The highest BCUT2D eigenvalue weighted by Gasteiger charge is 2.15. The van der Waals surface area contributed by atoms with Crippen LogP contribution >= 0.6 is 12.2 Å². The van der Waals surface area contributed by atoms with E-state index in [-0.39, 0.29) is 11.9 Å². The molecule has 1 heterocycles. The molecular formula is C15H20N4OS. The van der Waals surface area contributed by atoms with Crippen molar-refractivity contribution >= 4 is 33.9 Å². The average Bonchev–Trinajstić information content (AvgIpc) is 2.69. The summed E-state index contributed by atoms with van der Waals surface area (Å²) in [5, 5.41) is 22.7. The number of hydrogen-bond donors (Lipinski definition) is 2. The third-order valence-corrected chi connectivity index (χ3v) is 3.22.